The van der Waals surface area contributed by atoms with Crippen LogP contribution in [0.15, 0.2) is 0 Å². The van der Waals surface area contributed by atoms with E-state index in [0.717, 1.165) is 36.0 Å². The van der Waals surface area contributed by atoms with E-state index in [0.29, 0.717) is 5.92 Å². The monoisotopic (exact) mass is 227 g/mol. The van der Waals surface area contributed by atoms with Crippen molar-refractivity contribution in [3.63, 3.8) is 0 Å². The minimum Gasteiger partial charge on any atom is -0.371 e. The number of rotatable bonds is 4. The lowest BCUT2D eigenvalue weighted by molar-refractivity contribution is 0.0937. The van der Waals surface area contributed by atoms with E-state index >= 15 is 0 Å². The summed E-state index contributed by atoms with van der Waals surface area (Å²) in [5, 5.41) is 13.7. The molecule has 1 aromatic heterocycles. The number of nitrogens with zero attached hydrogens (tertiary/aromatic N) is 2. The van der Waals surface area contributed by atoms with Crippen LogP contribution in [0.2, 0.25) is 0 Å². The maximum atomic E-state index is 5.66. The zero-order chi connectivity index (χ0) is 10.7. The second-order valence-electron chi connectivity index (χ2n) is 3.94. The normalized spacial score (nSPS) is 26.0. The van der Waals surface area contributed by atoms with Crippen LogP contribution < -0.4 is 5.32 Å². The number of ether oxygens (including phenoxy) is 1. The Kier molecular flexibility index (Phi) is 3.66. The van der Waals surface area contributed by atoms with Crippen LogP contribution in [0.3, 0.4) is 0 Å². The summed E-state index contributed by atoms with van der Waals surface area (Å²) in [7, 11) is 1.95. The van der Waals surface area contributed by atoms with E-state index in [1.165, 1.54) is 0 Å². The molecule has 0 bridgehead atoms. The van der Waals surface area contributed by atoms with Crippen LogP contribution in [-0.4, -0.2) is 30.4 Å². The molecule has 1 aliphatic rings. The van der Waals surface area contributed by atoms with Gasteiger partial charge in [-0.2, -0.15) is 0 Å². The molecule has 1 aliphatic heterocycles. The Balaban J connectivity index is 1.99. The standard InChI is InChI=1S/C10H17N3OS/c1-7-4-6-14-9(7)10-13-12-8(15-10)3-5-11-2/h7,9,11H,3-6H2,1-2H3. The van der Waals surface area contributed by atoms with Crippen LogP contribution in [0.1, 0.15) is 29.5 Å². The minimum atomic E-state index is 0.186. The summed E-state index contributed by atoms with van der Waals surface area (Å²) in [5.74, 6) is 0.579. The largest absolute Gasteiger partial charge is 0.371 e. The van der Waals surface area contributed by atoms with E-state index in [2.05, 4.69) is 22.4 Å². The van der Waals surface area contributed by atoms with Crippen molar-refractivity contribution >= 4 is 11.3 Å². The molecule has 0 amide bonds. The van der Waals surface area contributed by atoms with Gasteiger partial charge >= 0.3 is 0 Å². The molecule has 0 spiro atoms. The lowest BCUT2D eigenvalue weighted by Gasteiger charge is -2.09. The van der Waals surface area contributed by atoms with Gasteiger partial charge in [-0.3, -0.25) is 0 Å². The molecule has 1 N–H and O–H groups in total. The molecule has 15 heavy (non-hydrogen) atoms. The summed E-state index contributed by atoms with van der Waals surface area (Å²) < 4.78 is 5.66. The first-order valence-corrected chi connectivity index (χ1v) is 6.21. The van der Waals surface area contributed by atoms with Gasteiger partial charge in [0.2, 0.25) is 0 Å². The fourth-order valence-electron chi connectivity index (χ4n) is 1.73. The maximum Gasteiger partial charge on any atom is 0.146 e. The van der Waals surface area contributed by atoms with E-state index in [1.807, 2.05) is 7.05 Å². The van der Waals surface area contributed by atoms with E-state index in [9.17, 15) is 0 Å². The second kappa shape index (κ2) is 5.01. The van der Waals surface area contributed by atoms with E-state index in [4.69, 9.17) is 4.74 Å². The minimum absolute atomic E-state index is 0.186. The van der Waals surface area contributed by atoms with Crippen molar-refractivity contribution in [1.29, 1.82) is 0 Å². The number of aromatic nitrogens is 2. The van der Waals surface area contributed by atoms with Gasteiger partial charge < -0.3 is 10.1 Å². The summed E-state index contributed by atoms with van der Waals surface area (Å²) in [5.41, 5.74) is 0. The van der Waals surface area contributed by atoms with Crippen molar-refractivity contribution in [2.24, 2.45) is 5.92 Å². The fraction of sp³-hybridized carbons (Fsp3) is 0.800. The smallest absolute Gasteiger partial charge is 0.146 e. The Morgan fingerprint density at radius 2 is 2.40 bits per heavy atom. The Bertz CT molecular complexity index is 315. The van der Waals surface area contributed by atoms with Crippen LogP contribution in [0.25, 0.3) is 0 Å². The van der Waals surface area contributed by atoms with E-state index in [1.54, 1.807) is 11.3 Å². The molecule has 2 atom stereocenters. The second-order valence-corrected chi connectivity index (χ2v) is 5.04. The third-order valence-corrected chi connectivity index (χ3v) is 3.75. The third-order valence-electron chi connectivity index (χ3n) is 2.70. The third kappa shape index (κ3) is 2.53. The Morgan fingerprint density at radius 1 is 1.53 bits per heavy atom. The number of nitrogens with one attached hydrogen (secondary N) is 1. The highest BCUT2D eigenvalue weighted by Crippen LogP contribution is 2.35. The van der Waals surface area contributed by atoms with Gasteiger partial charge in [-0.15, -0.1) is 10.2 Å². The Morgan fingerprint density at radius 3 is 3.07 bits per heavy atom. The first-order valence-electron chi connectivity index (χ1n) is 5.39. The van der Waals surface area contributed by atoms with Crippen molar-refractivity contribution in [1.82, 2.24) is 15.5 Å². The van der Waals surface area contributed by atoms with Crippen LogP contribution in [0.5, 0.6) is 0 Å². The molecule has 5 heteroatoms. The van der Waals surface area contributed by atoms with Crippen molar-refractivity contribution in [3.05, 3.63) is 10.0 Å². The van der Waals surface area contributed by atoms with Gasteiger partial charge in [-0.1, -0.05) is 18.3 Å². The van der Waals surface area contributed by atoms with Crippen LogP contribution in [-0.2, 0) is 11.2 Å². The van der Waals surface area contributed by atoms with Crippen LogP contribution in [0.4, 0.5) is 0 Å². The quantitative estimate of drug-likeness (QED) is 0.844. The molecule has 2 unspecified atom stereocenters. The zero-order valence-corrected chi connectivity index (χ0v) is 10.0. The average Bonchev–Trinajstić information content (AvgIpc) is 2.83. The van der Waals surface area contributed by atoms with Gasteiger partial charge in [0.1, 0.15) is 16.1 Å². The molecule has 0 aliphatic carbocycles. The Hall–Kier alpha value is -0.520. The first-order chi connectivity index (χ1) is 7.31. The molecular formula is C10H17N3OS. The lowest BCUT2D eigenvalue weighted by Crippen LogP contribution is -2.09. The number of hydrogen-bond acceptors (Lipinski definition) is 5. The van der Waals surface area contributed by atoms with Crippen LogP contribution in [0, 0.1) is 5.92 Å². The molecule has 1 saturated heterocycles. The highest BCUT2D eigenvalue weighted by Gasteiger charge is 2.28. The summed E-state index contributed by atoms with van der Waals surface area (Å²) in [6.07, 6.45) is 2.27. The summed E-state index contributed by atoms with van der Waals surface area (Å²) >= 11 is 1.69. The topological polar surface area (TPSA) is 47.0 Å². The van der Waals surface area contributed by atoms with Crippen LogP contribution >= 0.6 is 11.3 Å². The molecule has 0 saturated carbocycles. The summed E-state index contributed by atoms with van der Waals surface area (Å²) in [6, 6.07) is 0. The molecule has 0 aromatic carbocycles. The molecule has 84 valence electrons. The molecule has 0 radical (unpaired) electrons. The Labute approximate surface area is 94.1 Å². The van der Waals surface area contributed by atoms with Gasteiger partial charge in [-0.25, -0.2) is 0 Å². The van der Waals surface area contributed by atoms with Gasteiger partial charge in [0.05, 0.1) is 0 Å². The summed E-state index contributed by atoms with van der Waals surface area (Å²) in [4.78, 5) is 0. The molecule has 4 nitrogen and oxygen atoms in total. The van der Waals surface area contributed by atoms with E-state index < -0.39 is 0 Å². The number of hydrogen-bond donors (Lipinski definition) is 1. The highest BCUT2D eigenvalue weighted by atomic mass is 32.1. The van der Waals surface area contributed by atoms with Gasteiger partial charge in [0.15, 0.2) is 0 Å². The molecule has 2 rings (SSSR count). The fourth-order valence-corrected chi connectivity index (χ4v) is 2.75. The van der Waals surface area contributed by atoms with Gasteiger partial charge in [0, 0.05) is 19.6 Å². The maximum absolute atomic E-state index is 5.66. The SMILES string of the molecule is CNCCc1nnc(C2OCCC2C)s1. The van der Waals surface area contributed by atoms with Crippen molar-refractivity contribution in [3.8, 4) is 0 Å². The first kappa shape index (κ1) is 11.0. The molecule has 1 aromatic rings. The predicted molar refractivity (Wildman–Crippen MR) is 60.0 cm³/mol. The lowest BCUT2D eigenvalue weighted by atomic mass is 10.1. The zero-order valence-electron chi connectivity index (χ0n) is 9.19. The molecule has 2 heterocycles. The predicted octanol–water partition coefficient (Wildman–Crippen LogP) is 1.40. The summed E-state index contributed by atoms with van der Waals surface area (Å²) in [6.45, 7) is 4.03. The van der Waals surface area contributed by atoms with Crippen molar-refractivity contribution in [2.45, 2.75) is 25.9 Å². The molecule has 1 fully saturated rings. The molecular weight excluding hydrogens is 210 g/mol. The average molecular weight is 227 g/mol. The highest BCUT2D eigenvalue weighted by molar-refractivity contribution is 7.11. The van der Waals surface area contributed by atoms with Gasteiger partial charge in [0.25, 0.3) is 0 Å². The van der Waals surface area contributed by atoms with Gasteiger partial charge in [-0.05, 0) is 19.4 Å². The van der Waals surface area contributed by atoms with E-state index in [-0.39, 0.29) is 6.10 Å². The van der Waals surface area contributed by atoms with Crippen molar-refractivity contribution < 1.29 is 4.74 Å². The number of likely N-dealkylation sites (N-methyl/N-ethyl adjacent to an activating group) is 1. The van der Waals surface area contributed by atoms with Crippen molar-refractivity contribution in [2.75, 3.05) is 20.2 Å².